The number of carbonyl (C=O) groups is 3. The van der Waals surface area contributed by atoms with Crippen molar-refractivity contribution in [3.63, 3.8) is 0 Å². The first-order valence-corrected chi connectivity index (χ1v) is 9.04. The van der Waals surface area contributed by atoms with E-state index >= 15 is 0 Å². The van der Waals surface area contributed by atoms with Crippen LogP contribution in [0.15, 0.2) is 24.3 Å². The Hall–Kier alpha value is -2.58. The van der Waals surface area contributed by atoms with E-state index in [0.29, 0.717) is 18.5 Å². The van der Waals surface area contributed by atoms with Crippen molar-refractivity contribution in [1.29, 1.82) is 0 Å². The van der Waals surface area contributed by atoms with Crippen LogP contribution in [-0.4, -0.2) is 52.8 Å². The molecule has 1 aromatic rings. The van der Waals surface area contributed by atoms with Crippen LogP contribution >= 0.6 is 0 Å². The first kappa shape index (κ1) is 20.2. The number of aliphatic carboxylic acids is 1. The van der Waals surface area contributed by atoms with Gasteiger partial charge in [-0.05, 0) is 30.5 Å². The molecule has 0 aromatic heterocycles. The average Bonchev–Trinajstić information content (AvgIpc) is 3.13. The van der Waals surface area contributed by atoms with E-state index in [0.717, 1.165) is 12.1 Å². The van der Waals surface area contributed by atoms with Crippen LogP contribution in [0, 0.1) is 11.8 Å². The van der Waals surface area contributed by atoms with Crippen LogP contribution < -0.4 is 0 Å². The van der Waals surface area contributed by atoms with E-state index in [1.54, 1.807) is 0 Å². The molecule has 0 unspecified atom stereocenters. The summed E-state index contributed by atoms with van der Waals surface area (Å²) in [6.45, 7) is 0.436. The van der Waals surface area contributed by atoms with E-state index in [4.69, 9.17) is 5.11 Å². The number of carboxylic acid groups (broad SMARTS) is 1. The third kappa shape index (κ3) is 3.83. The third-order valence-electron chi connectivity index (χ3n) is 5.61. The monoisotopic (exact) mass is 398 g/mol. The van der Waals surface area contributed by atoms with Crippen molar-refractivity contribution in [1.82, 2.24) is 9.80 Å². The summed E-state index contributed by atoms with van der Waals surface area (Å²) in [6.07, 6.45) is -3.65. The van der Waals surface area contributed by atoms with Crippen LogP contribution in [0.25, 0.3) is 0 Å². The first-order chi connectivity index (χ1) is 13.1. The van der Waals surface area contributed by atoms with E-state index in [-0.39, 0.29) is 31.2 Å². The lowest BCUT2D eigenvalue weighted by atomic mass is 9.83. The van der Waals surface area contributed by atoms with Crippen molar-refractivity contribution < 1.29 is 32.7 Å². The van der Waals surface area contributed by atoms with E-state index < -0.39 is 35.6 Å². The zero-order valence-electron chi connectivity index (χ0n) is 15.3. The van der Waals surface area contributed by atoms with Gasteiger partial charge in [-0.25, -0.2) is 0 Å². The van der Waals surface area contributed by atoms with Gasteiger partial charge in [0.05, 0.1) is 23.4 Å². The van der Waals surface area contributed by atoms with Crippen LogP contribution in [-0.2, 0) is 20.6 Å². The predicted octanol–water partition coefficient (Wildman–Crippen LogP) is 2.55. The number of carboxylic acids is 1. The summed E-state index contributed by atoms with van der Waals surface area (Å²) in [4.78, 5) is 39.3. The minimum absolute atomic E-state index is 0.113. The van der Waals surface area contributed by atoms with Crippen molar-refractivity contribution in [3.8, 4) is 0 Å². The molecule has 28 heavy (non-hydrogen) atoms. The van der Waals surface area contributed by atoms with Crippen molar-refractivity contribution in [2.45, 2.75) is 31.5 Å². The van der Waals surface area contributed by atoms with Crippen molar-refractivity contribution in [2.24, 2.45) is 11.8 Å². The van der Waals surface area contributed by atoms with Crippen molar-refractivity contribution in [3.05, 3.63) is 35.4 Å². The second-order valence-electron chi connectivity index (χ2n) is 7.32. The molecule has 2 heterocycles. The molecule has 2 aliphatic rings. The summed E-state index contributed by atoms with van der Waals surface area (Å²) >= 11 is 0. The molecule has 6 nitrogen and oxygen atoms in total. The molecule has 1 N–H and O–H groups in total. The second-order valence-corrected chi connectivity index (χ2v) is 7.32. The molecule has 3 rings (SSSR count). The van der Waals surface area contributed by atoms with Crippen LogP contribution in [0.5, 0.6) is 0 Å². The normalized spacial score (nSPS) is 25.9. The van der Waals surface area contributed by atoms with Gasteiger partial charge in [0.15, 0.2) is 0 Å². The van der Waals surface area contributed by atoms with E-state index in [1.807, 2.05) is 0 Å². The van der Waals surface area contributed by atoms with Gasteiger partial charge in [0.1, 0.15) is 0 Å². The zero-order chi connectivity index (χ0) is 20.6. The Morgan fingerprint density at radius 1 is 1.14 bits per heavy atom. The van der Waals surface area contributed by atoms with Crippen LogP contribution in [0.2, 0.25) is 0 Å². The SMILES string of the molecule is CN1C(=O)CC[C@H](C(=O)N2CC[C@@H](C(=O)O)C2)[C@@H]1c1ccc(C(F)(F)F)cc1. The molecule has 3 atom stereocenters. The Bertz CT molecular complexity index is 778. The highest BCUT2D eigenvalue weighted by Gasteiger charge is 2.43. The number of benzene rings is 1. The fraction of sp³-hybridized carbons (Fsp3) is 0.526. The van der Waals surface area contributed by atoms with E-state index in [1.165, 1.54) is 29.0 Å². The number of rotatable bonds is 3. The molecule has 0 radical (unpaired) electrons. The minimum Gasteiger partial charge on any atom is -0.481 e. The highest BCUT2D eigenvalue weighted by molar-refractivity contribution is 5.85. The third-order valence-corrected chi connectivity index (χ3v) is 5.61. The minimum atomic E-state index is -4.47. The maximum atomic E-state index is 13.0. The molecule has 0 spiro atoms. The number of alkyl halides is 3. The van der Waals surface area contributed by atoms with Crippen LogP contribution in [0.3, 0.4) is 0 Å². The molecule has 0 saturated carbocycles. The Kier molecular flexibility index (Phi) is 5.36. The number of halogens is 3. The fourth-order valence-corrected chi connectivity index (χ4v) is 4.02. The summed E-state index contributed by atoms with van der Waals surface area (Å²) in [6, 6.07) is 3.81. The predicted molar refractivity (Wildman–Crippen MR) is 92.0 cm³/mol. The Balaban J connectivity index is 1.86. The smallest absolute Gasteiger partial charge is 0.416 e. The number of hydrogen-bond acceptors (Lipinski definition) is 3. The largest absolute Gasteiger partial charge is 0.481 e. The van der Waals surface area contributed by atoms with E-state index in [9.17, 15) is 27.6 Å². The number of nitrogens with zero attached hydrogens (tertiary/aromatic N) is 2. The summed E-state index contributed by atoms with van der Waals surface area (Å²) in [5.74, 6) is -2.62. The van der Waals surface area contributed by atoms with Gasteiger partial charge in [0.2, 0.25) is 11.8 Å². The Morgan fingerprint density at radius 3 is 2.32 bits per heavy atom. The summed E-state index contributed by atoms with van der Waals surface area (Å²) in [5, 5.41) is 9.14. The summed E-state index contributed by atoms with van der Waals surface area (Å²) in [5.41, 5.74) is -0.344. The topological polar surface area (TPSA) is 77.9 Å². The summed E-state index contributed by atoms with van der Waals surface area (Å²) < 4.78 is 38.5. The lowest BCUT2D eigenvalue weighted by molar-refractivity contribution is -0.146. The molecule has 9 heteroatoms. The van der Waals surface area contributed by atoms with Crippen LogP contribution in [0.4, 0.5) is 13.2 Å². The molecular formula is C19H21F3N2O4. The fourth-order valence-electron chi connectivity index (χ4n) is 4.02. The van der Waals surface area contributed by atoms with Gasteiger partial charge in [-0.3, -0.25) is 14.4 Å². The average molecular weight is 398 g/mol. The summed E-state index contributed by atoms with van der Waals surface area (Å²) in [7, 11) is 1.54. The van der Waals surface area contributed by atoms with Crippen molar-refractivity contribution >= 4 is 17.8 Å². The lowest BCUT2D eigenvalue weighted by Gasteiger charge is -2.40. The molecule has 0 bridgehead atoms. The standard InChI is InChI=1S/C19H21F3N2O4/c1-23-15(25)7-6-14(17(26)24-9-8-12(10-24)18(27)28)16(23)11-2-4-13(5-3-11)19(20,21)22/h2-5,12,14,16H,6-10H2,1H3,(H,27,28)/t12-,14+,16+/m1/s1. The lowest BCUT2D eigenvalue weighted by Crippen LogP contribution is -2.47. The highest BCUT2D eigenvalue weighted by Crippen LogP contribution is 2.39. The maximum absolute atomic E-state index is 13.0. The van der Waals surface area contributed by atoms with Gasteiger partial charge in [0, 0.05) is 26.6 Å². The van der Waals surface area contributed by atoms with E-state index in [2.05, 4.69) is 0 Å². The number of carbonyl (C=O) groups excluding carboxylic acids is 2. The van der Waals surface area contributed by atoms with Gasteiger partial charge in [0.25, 0.3) is 0 Å². The molecule has 2 amide bonds. The van der Waals surface area contributed by atoms with Gasteiger partial charge in [-0.15, -0.1) is 0 Å². The molecule has 1 aromatic carbocycles. The van der Waals surface area contributed by atoms with Crippen LogP contribution in [0.1, 0.15) is 36.4 Å². The highest BCUT2D eigenvalue weighted by atomic mass is 19.4. The maximum Gasteiger partial charge on any atom is 0.416 e. The number of hydrogen-bond donors (Lipinski definition) is 1. The molecule has 2 fully saturated rings. The molecule has 2 saturated heterocycles. The van der Waals surface area contributed by atoms with Gasteiger partial charge >= 0.3 is 12.1 Å². The molecule has 0 aliphatic carbocycles. The number of likely N-dealkylation sites (tertiary alicyclic amines) is 2. The Morgan fingerprint density at radius 2 is 1.79 bits per heavy atom. The number of amides is 2. The van der Waals surface area contributed by atoms with Gasteiger partial charge in [-0.1, -0.05) is 12.1 Å². The van der Waals surface area contributed by atoms with Crippen molar-refractivity contribution in [2.75, 3.05) is 20.1 Å². The van der Waals surface area contributed by atoms with Gasteiger partial charge in [-0.2, -0.15) is 13.2 Å². The second kappa shape index (κ2) is 7.44. The molecular weight excluding hydrogens is 377 g/mol. The Labute approximate surface area is 159 Å². The zero-order valence-corrected chi connectivity index (χ0v) is 15.3. The quantitative estimate of drug-likeness (QED) is 0.849. The molecule has 2 aliphatic heterocycles. The first-order valence-electron chi connectivity index (χ1n) is 9.04. The van der Waals surface area contributed by atoms with Gasteiger partial charge < -0.3 is 14.9 Å². The number of piperidine rings is 1. The molecule has 152 valence electrons.